The van der Waals surface area contributed by atoms with Gasteiger partial charge in [0.1, 0.15) is 10.6 Å². The number of carbonyl (C=O) groups is 1. The summed E-state index contributed by atoms with van der Waals surface area (Å²) >= 11 is 1.35. The molecule has 0 spiro atoms. The molecule has 124 valence electrons. The van der Waals surface area contributed by atoms with Crippen molar-refractivity contribution < 1.29 is 14.6 Å². The number of aromatic nitrogens is 2. The van der Waals surface area contributed by atoms with Crippen LogP contribution in [0.2, 0.25) is 0 Å². The maximum absolute atomic E-state index is 12.7. The van der Waals surface area contributed by atoms with Gasteiger partial charge in [-0.1, -0.05) is 12.1 Å². The molecule has 3 rings (SSSR count). The van der Waals surface area contributed by atoms with Crippen molar-refractivity contribution in [1.82, 2.24) is 9.55 Å². The average Bonchev–Trinajstić information content (AvgIpc) is 3.00. The fraction of sp³-hybridized carbons (Fsp3) is 0.235. The smallest absolute Gasteiger partial charge is 0.263 e. The number of rotatable bonds is 5. The van der Waals surface area contributed by atoms with Crippen LogP contribution in [0.5, 0.6) is 5.75 Å². The first-order valence-electron chi connectivity index (χ1n) is 7.45. The fourth-order valence-corrected chi connectivity index (χ4v) is 3.35. The molecule has 0 radical (unpaired) electrons. The van der Waals surface area contributed by atoms with Crippen molar-refractivity contribution in [2.45, 2.75) is 19.9 Å². The van der Waals surface area contributed by atoms with Gasteiger partial charge in [0.2, 0.25) is 0 Å². The van der Waals surface area contributed by atoms with E-state index in [1.165, 1.54) is 24.6 Å². The van der Waals surface area contributed by atoms with E-state index in [1.807, 2.05) is 36.6 Å². The highest BCUT2D eigenvalue weighted by Crippen LogP contribution is 2.31. The van der Waals surface area contributed by atoms with E-state index in [4.69, 9.17) is 4.74 Å². The van der Waals surface area contributed by atoms with Gasteiger partial charge >= 0.3 is 0 Å². The van der Waals surface area contributed by atoms with Crippen LogP contribution >= 0.6 is 11.3 Å². The molecule has 0 bridgehead atoms. The molecule has 0 aliphatic heterocycles. The van der Waals surface area contributed by atoms with Gasteiger partial charge in [0, 0.05) is 10.9 Å². The normalized spacial score (nSPS) is 12.2. The predicted molar refractivity (Wildman–Crippen MR) is 90.2 cm³/mol. The number of carboxylic acid groups (broad SMARTS) is 1. The lowest BCUT2D eigenvalue weighted by molar-refractivity contribution is -0.309. The Kier molecular flexibility index (Phi) is 4.35. The lowest BCUT2D eigenvalue weighted by Crippen LogP contribution is -2.36. The van der Waals surface area contributed by atoms with Crippen LogP contribution in [0, 0.1) is 0 Å². The molecule has 0 saturated heterocycles. The first kappa shape index (κ1) is 16.2. The highest BCUT2D eigenvalue weighted by atomic mass is 32.1. The number of benzene rings is 1. The lowest BCUT2D eigenvalue weighted by Gasteiger charge is -2.15. The number of hydrogen-bond donors (Lipinski definition) is 0. The Balaban J connectivity index is 2.14. The average molecular weight is 343 g/mol. The van der Waals surface area contributed by atoms with E-state index in [-0.39, 0.29) is 5.56 Å². The Morgan fingerprint density at radius 3 is 2.71 bits per heavy atom. The minimum Gasteiger partial charge on any atom is -0.548 e. The van der Waals surface area contributed by atoms with Crippen LogP contribution in [0.4, 0.5) is 0 Å². The Hall–Kier alpha value is -2.67. The van der Waals surface area contributed by atoms with Gasteiger partial charge in [-0.2, -0.15) is 0 Å². The number of ether oxygens (including phenoxy) is 1. The van der Waals surface area contributed by atoms with Crippen LogP contribution < -0.4 is 15.4 Å². The zero-order chi connectivity index (χ0) is 17.3. The molecule has 0 saturated carbocycles. The predicted octanol–water partition coefficient (Wildman–Crippen LogP) is 1.83. The maximum Gasteiger partial charge on any atom is 0.263 e. The molecular formula is C17H15N2O4S-. The summed E-state index contributed by atoms with van der Waals surface area (Å²) < 4.78 is 6.50. The first-order chi connectivity index (χ1) is 11.5. The highest BCUT2D eigenvalue weighted by Gasteiger charge is 2.16. The summed E-state index contributed by atoms with van der Waals surface area (Å²) in [6.07, 6.45) is 1.25. The summed E-state index contributed by atoms with van der Waals surface area (Å²) in [5.41, 5.74) is 1.19. The van der Waals surface area contributed by atoms with E-state index in [1.54, 1.807) is 0 Å². The third kappa shape index (κ3) is 2.78. The third-order valence-electron chi connectivity index (χ3n) is 3.75. The number of fused-ring (bicyclic) bond motifs is 1. The van der Waals surface area contributed by atoms with E-state index in [9.17, 15) is 14.7 Å². The summed E-state index contributed by atoms with van der Waals surface area (Å²) in [6, 6.07) is 6.32. The molecule has 0 N–H and O–H groups in total. The molecule has 24 heavy (non-hydrogen) atoms. The Morgan fingerprint density at radius 2 is 2.08 bits per heavy atom. The standard InChI is InChI=1S/C17H16N2O4S/c1-3-23-12-6-4-11(5-7-12)13-8-24-15-14(13)16(20)19(9-18-15)10(2)17(21)22/h4-10H,3H2,1-2H3,(H,21,22)/p-1. The Labute approximate surface area is 142 Å². The van der Waals surface area contributed by atoms with Gasteiger partial charge in [-0.25, -0.2) is 4.98 Å². The van der Waals surface area contributed by atoms with E-state index >= 15 is 0 Å². The topological polar surface area (TPSA) is 84.2 Å². The second kappa shape index (κ2) is 6.45. The van der Waals surface area contributed by atoms with Crippen LogP contribution in [0.1, 0.15) is 19.9 Å². The van der Waals surface area contributed by atoms with Crippen molar-refractivity contribution in [3.05, 3.63) is 46.3 Å². The van der Waals surface area contributed by atoms with E-state index in [0.29, 0.717) is 16.8 Å². The molecule has 0 fully saturated rings. The summed E-state index contributed by atoms with van der Waals surface area (Å²) in [7, 11) is 0. The van der Waals surface area contributed by atoms with Gasteiger partial charge in [0.15, 0.2) is 0 Å². The van der Waals surface area contributed by atoms with Crippen molar-refractivity contribution in [1.29, 1.82) is 0 Å². The first-order valence-corrected chi connectivity index (χ1v) is 8.33. The minimum atomic E-state index is -1.32. The minimum absolute atomic E-state index is 0.387. The van der Waals surface area contributed by atoms with Gasteiger partial charge in [0.25, 0.3) is 5.56 Å². The van der Waals surface area contributed by atoms with Gasteiger partial charge < -0.3 is 14.6 Å². The molecular weight excluding hydrogens is 328 g/mol. The van der Waals surface area contributed by atoms with Gasteiger partial charge in [-0.15, -0.1) is 11.3 Å². The van der Waals surface area contributed by atoms with Crippen LogP contribution in [-0.4, -0.2) is 22.1 Å². The van der Waals surface area contributed by atoms with Crippen LogP contribution in [0.3, 0.4) is 0 Å². The quantitative estimate of drug-likeness (QED) is 0.706. The SMILES string of the molecule is CCOc1ccc(-c2csc3ncn(C(C)C(=O)[O-])c(=O)c23)cc1. The van der Waals surface area contributed by atoms with E-state index in [0.717, 1.165) is 21.4 Å². The third-order valence-corrected chi connectivity index (χ3v) is 4.64. The molecule has 2 heterocycles. The van der Waals surface area contributed by atoms with Crippen molar-refractivity contribution in [3.63, 3.8) is 0 Å². The molecule has 2 aromatic heterocycles. The van der Waals surface area contributed by atoms with Crippen molar-refractivity contribution in [2.24, 2.45) is 0 Å². The van der Waals surface area contributed by atoms with Gasteiger partial charge in [-0.3, -0.25) is 9.36 Å². The number of carbonyl (C=O) groups excluding carboxylic acids is 1. The molecule has 1 atom stereocenters. The maximum atomic E-state index is 12.7. The van der Waals surface area contributed by atoms with Crippen LogP contribution in [-0.2, 0) is 4.79 Å². The van der Waals surface area contributed by atoms with Crippen molar-refractivity contribution in [2.75, 3.05) is 6.61 Å². The van der Waals surface area contributed by atoms with Crippen molar-refractivity contribution in [3.8, 4) is 16.9 Å². The van der Waals surface area contributed by atoms with Crippen LogP contribution in [0.15, 0.2) is 40.8 Å². The Morgan fingerprint density at radius 1 is 1.38 bits per heavy atom. The largest absolute Gasteiger partial charge is 0.548 e. The number of nitrogens with zero attached hydrogens (tertiary/aromatic N) is 2. The highest BCUT2D eigenvalue weighted by molar-refractivity contribution is 7.17. The monoisotopic (exact) mass is 343 g/mol. The molecule has 7 heteroatoms. The molecule has 3 aromatic rings. The molecule has 0 amide bonds. The van der Waals surface area contributed by atoms with Gasteiger partial charge in [0.05, 0.1) is 30.3 Å². The molecule has 1 aromatic carbocycles. The molecule has 0 aliphatic carbocycles. The summed E-state index contributed by atoms with van der Waals surface area (Å²) in [5, 5.41) is 13.3. The molecule has 1 unspecified atom stereocenters. The summed E-state index contributed by atoms with van der Waals surface area (Å²) in [4.78, 5) is 28.6. The molecule has 0 aliphatic rings. The molecule has 6 nitrogen and oxygen atoms in total. The van der Waals surface area contributed by atoms with E-state index < -0.39 is 12.0 Å². The number of thiophene rings is 1. The zero-order valence-corrected chi connectivity index (χ0v) is 14.0. The van der Waals surface area contributed by atoms with Crippen LogP contribution in [0.25, 0.3) is 21.3 Å². The zero-order valence-electron chi connectivity index (χ0n) is 13.2. The van der Waals surface area contributed by atoms with Crippen molar-refractivity contribution >= 4 is 27.5 Å². The lowest BCUT2D eigenvalue weighted by atomic mass is 10.1. The second-order valence-electron chi connectivity index (χ2n) is 5.24. The summed E-state index contributed by atoms with van der Waals surface area (Å²) in [6.45, 7) is 3.89. The second-order valence-corrected chi connectivity index (χ2v) is 6.10. The Bertz CT molecular complexity index is 943. The number of carboxylic acids is 1. The fourth-order valence-electron chi connectivity index (χ4n) is 2.44. The number of aliphatic carboxylic acids is 1. The summed E-state index contributed by atoms with van der Waals surface area (Å²) in [5.74, 6) is -0.571. The van der Waals surface area contributed by atoms with Gasteiger partial charge in [-0.05, 0) is 31.5 Å². The number of hydrogen-bond acceptors (Lipinski definition) is 6. The van der Waals surface area contributed by atoms with E-state index in [2.05, 4.69) is 4.98 Å².